The number of hydrogen-bond acceptors (Lipinski definition) is 5. The van der Waals surface area contributed by atoms with Gasteiger partial charge in [0.2, 0.25) is 5.91 Å². The molecule has 1 aromatic heterocycles. The number of halogens is 1. The molecule has 0 unspecified atom stereocenters. The number of hydrogen-bond donors (Lipinski definition) is 3. The Bertz CT molecular complexity index is 1840. The highest BCUT2D eigenvalue weighted by atomic mass is 35.5. The first-order valence-electron chi connectivity index (χ1n) is 14.1. The third kappa shape index (κ3) is 8.32. The van der Waals surface area contributed by atoms with E-state index in [1.165, 1.54) is 17.8 Å². The van der Waals surface area contributed by atoms with Crippen LogP contribution in [0.2, 0.25) is 5.02 Å². The number of benzene rings is 4. The molecular weight excluding hydrogens is 606 g/mol. The van der Waals surface area contributed by atoms with E-state index in [9.17, 15) is 14.4 Å². The van der Waals surface area contributed by atoms with E-state index >= 15 is 0 Å². The van der Waals surface area contributed by atoms with E-state index in [2.05, 4.69) is 16.0 Å². The van der Waals surface area contributed by atoms with Gasteiger partial charge in [0, 0.05) is 38.5 Å². The molecule has 1 atom stereocenters. The smallest absolute Gasteiger partial charge is 0.272 e. The molecule has 0 saturated carbocycles. The lowest BCUT2D eigenvalue weighted by molar-refractivity contribution is -0.115. The number of nitrogens with one attached hydrogen (secondary N) is 3. The van der Waals surface area contributed by atoms with Crippen LogP contribution in [-0.2, 0) is 9.59 Å². The highest BCUT2D eigenvalue weighted by Gasteiger charge is 2.18. The lowest BCUT2D eigenvalue weighted by Gasteiger charge is -2.15. The van der Waals surface area contributed by atoms with Crippen molar-refractivity contribution in [3.63, 3.8) is 0 Å². The summed E-state index contributed by atoms with van der Waals surface area (Å²) in [5.74, 6) is -0.0742. The summed E-state index contributed by atoms with van der Waals surface area (Å²) < 4.78 is 5.96. The quantitative estimate of drug-likeness (QED) is 0.106. The van der Waals surface area contributed by atoms with Gasteiger partial charge < -0.3 is 20.4 Å². The Kier molecular flexibility index (Phi) is 10.2. The molecule has 7 nitrogen and oxygen atoms in total. The molecule has 5 rings (SSSR count). The van der Waals surface area contributed by atoms with Gasteiger partial charge in [-0.25, -0.2) is 0 Å². The van der Waals surface area contributed by atoms with E-state index in [0.717, 1.165) is 16.0 Å². The number of furan rings is 1. The standard InChI is InChI=1S/C36H30ClN3O4S/c1-23-30(37)14-9-15-31(23)39-34(41)24(2)45-29-19-16-27(17-20-29)38-36(43)32(40-35(42)26-12-7-4-8-13-26)22-28-18-21-33(44-28)25-10-5-3-6-11-25/h3-22,24H,1-2H3,(H,38,43)(H,39,41)(H,40,42)/b32-22+/t24-/m0/s1. The van der Waals surface area contributed by atoms with E-state index in [1.54, 1.807) is 54.6 Å². The normalized spacial score (nSPS) is 11.8. The molecule has 9 heteroatoms. The summed E-state index contributed by atoms with van der Waals surface area (Å²) in [7, 11) is 0. The molecular formula is C36H30ClN3O4S. The number of thioether (sulfide) groups is 1. The molecule has 0 radical (unpaired) electrons. The van der Waals surface area contributed by atoms with Crippen LogP contribution in [0.1, 0.15) is 28.6 Å². The predicted molar refractivity (Wildman–Crippen MR) is 181 cm³/mol. The minimum absolute atomic E-state index is 0.0119. The van der Waals surface area contributed by atoms with Gasteiger partial charge in [0.1, 0.15) is 17.2 Å². The minimum Gasteiger partial charge on any atom is -0.457 e. The first kappa shape index (κ1) is 31.4. The second kappa shape index (κ2) is 14.6. The summed E-state index contributed by atoms with van der Waals surface area (Å²) in [4.78, 5) is 40.1. The lowest BCUT2D eigenvalue weighted by atomic mass is 10.2. The SMILES string of the molecule is Cc1c(Cl)cccc1NC(=O)[C@H](C)Sc1ccc(NC(=O)/C(=C\c2ccc(-c3ccccc3)o2)NC(=O)c2ccccc2)cc1. The molecule has 0 aliphatic carbocycles. The highest BCUT2D eigenvalue weighted by Crippen LogP contribution is 2.28. The summed E-state index contributed by atoms with van der Waals surface area (Å²) in [5.41, 5.74) is 3.30. The maximum absolute atomic E-state index is 13.4. The molecule has 4 aromatic carbocycles. The molecule has 5 aromatic rings. The largest absolute Gasteiger partial charge is 0.457 e. The van der Waals surface area contributed by atoms with E-state index in [4.69, 9.17) is 16.0 Å². The Balaban J connectivity index is 1.28. The molecule has 0 saturated heterocycles. The monoisotopic (exact) mass is 635 g/mol. The van der Waals surface area contributed by atoms with Gasteiger partial charge in [-0.1, -0.05) is 66.2 Å². The molecule has 0 aliphatic rings. The zero-order valence-corrected chi connectivity index (χ0v) is 26.1. The first-order chi connectivity index (χ1) is 21.8. The molecule has 3 amide bonds. The fraction of sp³-hybridized carbons (Fsp3) is 0.0833. The predicted octanol–water partition coefficient (Wildman–Crippen LogP) is 8.44. The molecule has 45 heavy (non-hydrogen) atoms. The molecule has 226 valence electrons. The summed E-state index contributed by atoms with van der Waals surface area (Å²) in [5, 5.41) is 8.69. The third-order valence-electron chi connectivity index (χ3n) is 6.82. The van der Waals surface area contributed by atoms with Crippen LogP contribution in [0, 0.1) is 6.92 Å². The van der Waals surface area contributed by atoms with Crippen LogP contribution in [0.5, 0.6) is 0 Å². The molecule has 3 N–H and O–H groups in total. The second-order valence-electron chi connectivity index (χ2n) is 10.1. The van der Waals surface area contributed by atoms with Crippen molar-refractivity contribution >= 4 is 58.5 Å². The van der Waals surface area contributed by atoms with Crippen molar-refractivity contribution in [2.24, 2.45) is 0 Å². The Hall–Kier alpha value is -5.05. The van der Waals surface area contributed by atoms with Crippen LogP contribution in [0.3, 0.4) is 0 Å². The van der Waals surface area contributed by atoms with Gasteiger partial charge in [-0.2, -0.15) is 0 Å². The number of rotatable bonds is 10. The van der Waals surface area contributed by atoms with E-state index in [-0.39, 0.29) is 16.9 Å². The van der Waals surface area contributed by atoms with Gasteiger partial charge in [-0.15, -0.1) is 11.8 Å². The summed E-state index contributed by atoms with van der Waals surface area (Å²) in [6.45, 7) is 3.67. The number of carbonyl (C=O) groups is 3. The van der Waals surface area contributed by atoms with E-state index in [1.807, 2.05) is 74.5 Å². The van der Waals surface area contributed by atoms with Crippen molar-refractivity contribution in [3.8, 4) is 11.3 Å². The van der Waals surface area contributed by atoms with Gasteiger partial charge in [0.25, 0.3) is 11.8 Å². The van der Waals surface area contributed by atoms with Crippen molar-refractivity contribution in [2.45, 2.75) is 24.0 Å². The van der Waals surface area contributed by atoms with Crippen molar-refractivity contribution in [1.82, 2.24) is 5.32 Å². The van der Waals surface area contributed by atoms with Gasteiger partial charge in [-0.05, 0) is 80.1 Å². The zero-order chi connectivity index (χ0) is 31.8. The van der Waals surface area contributed by atoms with Gasteiger partial charge in [0.15, 0.2) is 0 Å². The number of amides is 3. The average molecular weight is 636 g/mol. The number of carbonyl (C=O) groups excluding carboxylic acids is 3. The van der Waals surface area contributed by atoms with Crippen LogP contribution >= 0.6 is 23.4 Å². The number of anilines is 2. The first-order valence-corrected chi connectivity index (χ1v) is 15.4. The zero-order valence-electron chi connectivity index (χ0n) is 24.5. The Morgan fingerprint density at radius 2 is 1.49 bits per heavy atom. The summed E-state index contributed by atoms with van der Waals surface area (Å²) in [6, 6.07) is 34.3. The van der Waals surface area contributed by atoms with Crippen molar-refractivity contribution in [1.29, 1.82) is 0 Å². The Labute approximate surface area is 270 Å². The van der Waals surface area contributed by atoms with Gasteiger partial charge >= 0.3 is 0 Å². The molecule has 0 aliphatic heterocycles. The van der Waals surface area contributed by atoms with Crippen LogP contribution in [0.15, 0.2) is 130 Å². The maximum Gasteiger partial charge on any atom is 0.272 e. The maximum atomic E-state index is 13.4. The summed E-state index contributed by atoms with van der Waals surface area (Å²) in [6.07, 6.45) is 1.49. The van der Waals surface area contributed by atoms with Crippen molar-refractivity contribution < 1.29 is 18.8 Å². The molecule has 0 spiro atoms. The van der Waals surface area contributed by atoms with Crippen molar-refractivity contribution in [3.05, 3.63) is 143 Å². The van der Waals surface area contributed by atoms with Crippen molar-refractivity contribution in [2.75, 3.05) is 10.6 Å². The Morgan fingerprint density at radius 3 is 2.20 bits per heavy atom. The fourth-order valence-electron chi connectivity index (χ4n) is 4.32. The Morgan fingerprint density at radius 1 is 0.800 bits per heavy atom. The fourth-order valence-corrected chi connectivity index (χ4v) is 5.36. The lowest BCUT2D eigenvalue weighted by Crippen LogP contribution is -2.30. The third-order valence-corrected chi connectivity index (χ3v) is 8.34. The van der Waals surface area contributed by atoms with Crippen LogP contribution < -0.4 is 16.0 Å². The van der Waals surface area contributed by atoms with Crippen LogP contribution in [0.25, 0.3) is 17.4 Å². The molecule has 1 heterocycles. The molecule has 0 bridgehead atoms. The van der Waals surface area contributed by atoms with Gasteiger partial charge in [-0.3, -0.25) is 14.4 Å². The van der Waals surface area contributed by atoms with E-state index < -0.39 is 11.8 Å². The minimum atomic E-state index is -0.526. The topological polar surface area (TPSA) is 100 Å². The molecule has 0 fully saturated rings. The van der Waals surface area contributed by atoms with Crippen LogP contribution in [0.4, 0.5) is 11.4 Å². The second-order valence-corrected chi connectivity index (χ2v) is 11.9. The van der Waals surface area contributed by atoms with Crippen LogP contribution in [-0.4, -0.2) is 23.0 Å². The highest BCUT2D eigenvalue weighted by molar-refractivity contribution is 8.00. The average Bonchev–Trinajstić information content (AvgIpc) is 3.53. The van der Waals surface area contributed by atoms with E-state index in [0.29, 0.717) is 33.5 Å². The summed E-state index contributed by atoms with van der Waals surface area (Å²) >= 11 is 7.56. The van der Waals surface area contributed by atoms with Gasteiger partial charge in [0.05, 0.1) is 5.25 Å².